The van der Waals surface area contributed by atoms with Crippen molar-refractivity contribution in [2.45, 2.75) is 6.10 Å². The summed E-state index contributed by atoms with van der Waals surface area (Å²) in [5.74, 6) is -2.59. The van der Waals surface area contributed by atoms with E-state index >= 15 is 0 Å². The van der Waals surface area contributed by atoms with E-state index in [1.807, 2.05) is 0 Å². The molecular weight excluding hydrogens is 362 g/mol. The lowest BCUT2D eigenvalue weighted by Crippen LogP contribution is -2.38. The number of benzene rings is 2. The monoisotopic (exact) mass is 381 g/mol. The number of ketones is 1. The number of carbonyl (C=O) groups is 3. The number of rotatable bonds is 5. The van der Waals surface area contributed by atoms with E-state index in [1.54, 1.807) is 61.7 Å². The first-order chi connectivity index (χ1) is 13.5. The lowest BCUT2D eigenvalue weighted by Gasteiger charge is -2.29. The van der Waals surface area contributed by atoms with Crippen LogP contribution < -0.4 is 10.1 Å². The van der Waals surface area contributed by atoms with Crippen LogP contribution in [0.15, 0.2) is 66.4 Å². The molecule has 7 heteroatoms. The summed E-state index contributed by atoms with van der Waals surface area (Å²) in [6.07, 6.45) is 0.0508. The van der Waals surface area contributed by atoms with Crippen molar-refractivity contribution in [3.05, 3.63) is 72.0 Å². The molecule has 2 aromatic carbocycles. The average Bonchev–Trinajstić information content (AvgIpc) is 2.73. The fourth-order valence-corrected chi connectivity index (χ4v) is 2.88. The number of nitrogens with one attached hydrogen (secondary N) is 1. The maximum absolute atomic E-state index is 12.9. The fourth-order valence-electron chi connectivity index (χ4n) is 2.88. The third kappa shape index (κ3) is 4.03. The lowest BCUT2D eigenvalue weighted by molar-refractivity contribution is -0.148. The largest absolute Gasteiger partial charge is 0.497 e. The van der Waals surface area contributed by atoms with Gasteiger partial charge in [0.15, 0.2) is 5.78 Å². The Morgan fingerprint density at radius 2 is 1.68 bits per heavy atom. The van der Waals surface area contributed by atoms with Gasteiger partial charge in [0.05, 0.1) is 14.2 Å². The van der Waals surface area contributed by atoms with Gasteiger partial charge >= 0.3 is 5.97 Å². The number of esters is 1. The van der Waals surface area contributed by atoms with Crippen molar-refractivity contribution in [3.8, 4) is 5.75 Å². The van der Waals surface area contributed by atoms with Gasteiger partial charge in [-0.25, -0.2) is 4.79 Å². The number of amides is 1. The highest BCUT2D eigenvalue weighted by atomic mass is 16.6. The van der Waals surface area contributed by atoms with E-state index < -0.39 is 29.7 Å². The van der Waals surface area contributed by atoms with Crippen molar-refractivity contribution in [2.24, 2.45) is 5.92 Å². The van der Waals surface area contributed by atoms with Crippen molar-refractivity contribution in [1.29, 1.82) is 0 Å². The zero-order valence-corrected chi connectivity index (χ0v) is 15.4. The van der Waals surface area contributed by atoms with Crippen molar-refractivity contribution >= 4 is 23.3 Å². The molecule has 0 unspecified atom stereocenters. The predicted molar refractivity (Wildman–Crippen MR) is 100 cm³/mol. The molecule has 0 spiro atoms. The smallest absolute Gasteiger partial charge is 0.373 e. The summed E-state index contributed by atoms with van der Waals surface area (Å²) in [4.78, 5) is 37.4. The van der Waals surface area contributed by atoms with E-state index in [9.17, 15) is 14.4 Å². The molecule has 1 amide bonds. The molecule has 144 valence electrons. The minimum absolute atomic E-state index is 0.227. The Hall–Kier alpha value is -3.61. The van der Waals surface area contributed by atoms with Crippen LogP contribution in [0, 0.1) is 5.92 Å². The van der Waals surface area contributed by atoms with Crippen LogP contribution in [-0.2, 0) is 23.9 Å². The van der Waals surface area contributed by atoms with Gasteiger partial charge in [-0.2, -0.15) is 0 Å². The van der Waals surface area contributed by atoms with Crippen molar-refractivity contribution in [2.75, 3.05) is 19.5 Å². The van der Waals surface area contributed by atoms with E-state index in [4.69, 9.17) is 9.47 Å². The highest BCUT2D eigenvalue weighted by Crippen LogP contribution is 2.34. The molecule has 0 saturated heterocycles. The maximum Gasteiger partial charge on any atom is 0.373 e. The molecule has 3 rings (SSSR count). The third-order valence-electron chi connectivity index (χ3n) is 4.29. The van der Waals surface area contributed by atoms with Gasteiger partial charge in [-0.15, -0.1) is 0 Å². The number of anilines is 1. The molecule has 0 radical (unpaired) electrons. The van der Waals surface area contributed by atoms with Gasteiger partial charge in [-0.3, -0.25) is 9.59 Å². The quantitative estimate of drug-likeness (QED) is 0.632. The van der Waals surface area contributed by atoms with Crippen molar-refractivity contribution in [1.82, 2.24) is 0 Å². The van der Waals surface area contributed by atoms with E-state index in [1.165, 1.54) is 7.11 Å². The van der Waals surface area contributed by atoms with Gasteiger partial charge in [-0.05, 0) is 29.8 Å². The number of ether oxygens (including phenoxy) is 3. The van der Waals surface area contributed by atoms with Crippen LogP contribution in [0.3, 0.4) is 0 Å². The summed E-state index contributed by atoms with van der Waals surface area (Å²) < 4.78 is 15.4. The minimum Gasteiger partial charge on any atom is -0.497 e. The molecule has 2 atom stereocenters. The Morgan fingerprint density at radius 3 is 2.29 bits per heavy atom. The second kappa shape index (κ2) is 8.39. The summed E-state index contributed by atoms with van der Waals surface area (Å²) >= 11 is 0. The summed E-state index contributed by atoms with van der Waals surface area (Å²) in [6.45, 7) is 0. The number of allylic oxidation sites excluding steroid dienone is 1. The second-order valence-corrected chi connectivity index (χ2v) is 6.05. The first kappa shape index (κ1) is 19.2. The summed E-state index contributed by atoms with van der Waals surface area (Å²) in [7, 11) is 2.73. The number of hydrogen-bond donors (Lipinski definition) is 1. The van der Waals surface area contributed by atoms with Crippen LogP contribution in [-0.4, -0.2) is 31.9 Å². The molecule has 0 aromatic heterocycles. The number of carbonyl (C=O) groups excluding carboxylic acids is 3. The van der Waals surface area contributed by atoms with Crippen LogP contribution in [0.5, 0.6) is 5.75 Å². The Labute approximate surface area is 161 Å². The summed E-state index contributed by atoms with van der Waals surface area (Å²) in [5.41, 5.74) is 1.10. The molecule has 1 N–H and O–H groups in total. The predicted octanol–water partition coefficient (Wildman–Crippen LogP) is 2.65. The number of hydrogen-bond acceptors (Lipinski definition) is 6. The summed E-state index contributed by atoms with van der Waals surface area (Å²) in [6, 6.07) is 15.5. The Kier molecular flexibility index (Phi) is 5.74. The van der Waals surface area contributed by atoms with Crippen LogP contribution in [0.4, 0.5) is 5.69 Å². The highest BCUT2D eigenvalue weighted by Gasteiger charge is 2.41. The zero-order valence-electron chi connectivity index (χ0n) is 15.4. The molecule has 1 heterocycles. The first-order valence-electron chi connectivity index (χ1n) is 8.54. The molecule has 1 aliphatic heterocycles. The average molecular weight is 381 g/mol. The minimum atomic E-state index is -1.15. The molecular formula is C21H19NO6. The Morgan fingerprint density at radius 1 is 1.00 bits per heavy atom. The van der Waals surface area contributed by atoms with Gasteiger partial charge in [0.1, 0.15) is 17.8 Å². The van der Waals surface area contributed by atoms with Gasteiger partial charge in [-0.1, -0.05) is 30.3 Å². The van der Waals surface area contributed by atoms with Crippen LogP contribution in [0.1, 0.15) is 11.7 Å². The Balaban J connectivity index is 1.90. The maximum atomic E-state index is 12.9. The van der Waals surface area contributed by atoms with Crippen LogP contribution in [0.2, 0.25) is 0 Å². The van der Waals surface area contributed by atoms with Gasteiger partial charge in [0.2, 0.25) is 11.7 Å². The molecule has 0 aliphatic carbocycles. The van der Waals surface area contributed by atoms with E-state index in [0.717, 1.165) is 6.08 Å². The molecule has 1 aliphatic rings. The third-order valence-corrected chi connectivity index (χ3v) is 4.29. The molecule has 7 nitrogen and oxygen atoms in total. The first-order valence-corrected chi connectivity index (χ1v) is 8.54. The molecule has 0 bridgehead atoms. The topological polar surface area (TPSA) is 90.9 Å². The van der Waals surface area contributed by atoms with E-state index in [2.05, 4.69) is 10.1 Å². The molecule has 28 heavy (non-hydrogen) atoms. The van der Waals surface area contributed by atoms with Crippen molar-refractivity contribution < 1.29 is 28.6 Å². The van der Waals surface area contributed by atoms with Crippen molar-refractivity contribution in [3.63, 3.8) is 0 Å². The molecule has 2 aromatic rings. The van der Waals surface area contributed by atoms with E-state index in [-0.39, 0.29) is 5.76 Å². The van der Waals surface area contributed by atoms with Gasteiger partial charge in [0.25, 0.3) is 0 Å². The normalized spacial score (nSPS) is 18.5. The van der Waals surface area contributed by atoms with E-state index in [0.29, 0.717) is 17.0 Å². The van der Waals surface area contributed by atoms with Crippen LogP contribution in [0.25, 0.3) is 0 Å². The highest BCUT2D eigenvalue weighted by molar-refractivity contribution is 6.14. The zero-order chi connectivity index (χ0) is 20.1. The van der Waals surface area contributed by atoms with Crippen LogP contribution >= 0.6 is 0 Å². The lowest BCUT2D eigenvalue weighted by atomic mass is 9.88. The molecule has 0 saturated carbocycles. The number of methoxy groups -OCH3 is 2. The standard InChI is InChI=1S/C21H19NO6/c1-26-15-10-8-14(9-11-15)22-20(24)18-16(23)12-17(21(25)27-2)28-19(18)13-6-4-3-5-7-13/h3-12,18-19H,1-2H3,(H,22,24)/t18-,19-/m0/s1. The van der Waals surface area contributed by atoms with Gasteiger partial charge in [0, 0.05) is 11.8 Å². The Bertz CT molecular complexity index is 904. The fraction of sp³-hybridized carbons (Fsp3) is 0.190. The SMILES string of the molecule is COC(=O)C1=CC(=O)[C@H](C(=O)Nc2ccc(OC)cc2)[C@H](c2ccccc2)O1. The second-order valence-electron chi connectivity index (χ2n) is 6.05. The van der Waals surface area contributed by atoms with Gasteiger partial charge < -0.3 is 19.5 Å². The molecule has 0 fully saturated rings. The summed E-state index contributed by atoms with van der Waals surface area (Å²) in [5, 5.41) is 2.71.